The Kier molecular flexibility index (Phi) is 4.26. The van der Waals surface area contributed by atoms with Crippen LogP contribution in [0.5, 0.6) is 0 Å². The third kappa shape index (κ3) is 3.11. The first-order valence-corrected chi connectivity index (χ1v) is 8.06. The summed E-state index contributed by atoms with van der Waals surface area (Å²) in [5.74, 6) is -1.19. The highest BCUT2D eigenvalue weighted by molar-refractivity contribution is 5.99. The summed E-state index contributed by atoms with van der Waals surface area (Å²) in [5.41, 5.74) is 0.175. The highest BCUT2D eigenvalue weighted by Crippen LogP contribution is 2.40. The van der Waals surface area contributed by atoms with Crippen LogP contribution >= 0.6 is 0 Å². The molecule has 6 nitrogen and oxygen atoms in total. The van der Waals surface area contributed by atoms with Crippen LogP contribution in [0.15, 0.2) is 18.2 Å². The molecular formula is C17H20FN3O3. The molecule has 2 heterocycles. The Morgan fingerprint density at radius 1 is 1.33 bits per heavy atom. The third-order valence-corrected chi connectivity index (χ3v) is 4.76. The summed E-state index contributed by atoms with van der Waals surface area (Å²) >= 11 is 0. The number of nitrogens with zero attached hydrogens (tertiary/aromatic N) is 1. The fourth-order valence-corrected chi connectivity index (χ4v) is 3.53. The van der Waals surface area contributed by atoms with Crippen molar-refractivity contribution >= 4 is 29.1 Å². The van der Waals surface area contributed by atoms with Crippen molar-refractivity contribution in [3.63, 3.8) is 0 Å². The molecule has 2 aliphatic heterocycles. The Morgan fingerprint density at radius 2 is 2.12 bits per heavy atom. The molecule has 0 saturated carbocycles. The summed E-state index contributed by atoms with van der Waals surface area (Å²) in [7, 11) is 0. The summed E-state index contributed by atoms with van der Waals surface area (Å²) in [4.78, 5) is 36.8. The van der Waals surface area contributed by atoms with Crippen LogP contribution < -0.4 is 15.5 Å². The van der Waals surface area contributed by atoms with Gasteiger partial charge < -0.3 is 10.2 Å². The average Bonchev–Trinajstić information content (AvgIpc) is 2.86. The van der Waals surface area contributed by atoms with Crippen molar-refractivity contribution in [1.29, 1.82) is 0 Å². The SMILES string of the molecule is CC(=O)Nc1ccc(N2CCC3(CCCC(=O)NC3=O)C2)c(F)c1. The van der Waals surface area contributed by atoms with Crippen molar-refractivity contribution in [2.24, 2.45) is 5.41 Å². The second kappa shape index (κ2) is 6.22. The first-order valence-electron chi connectivity index (χ1n) is 8.06. The lowest BCUT2D eigenvalue weighted by molar-refractivity contribution is -0.134. The molecular weight excluding hydrogens is 313 g/mol. The zero-order valence-electron chi connectivity index (χ0n) is 13.5. The zero-order chi connectivity index (χ0) is 17.3. The van der Waals surface area contributed by atoms with E-state index in [1.54, 1.807) is 12.1 Å². The van der Waals surface area contributed by atoms with Gasteiger partial charge in [-0.1, -0.05) is 0 Å². The van der Waals surface area contributed by atoms with Crippen molar-refractivity contribution in [2.75, 3.05) is 23.3 Å². The molecule has 1 atom stereocenters. The van der Waals surface area contributed by atoms with Crippen LogP contribution in [0.1, 0.15) is 32.6 Å². The number of halogens is 1. The topological polar surface area (TPSA) is 78.5 Å². The number of benzene rings is 1. The number of hydrogen-bond donors (Lipinski definition) is 2. The number of anilines is 2. The standard InChI is InChI=1S/C17H20FN3O3/c1-11(22)19-12-4-5-14(13(18)9-12)21-8-7-17(10-21)6-2-3-15(23)20-16(17)24/h4-5,9H,2-3,6-8,10H2,1H3,(H,19,22)(H,20,23,24). The van der Waals surface area contributed by atoms with Crippen molar-refractivity contribution in [3.8, 4) is 0 Å². The van der Waals surface area contributed by atoms with Crippen molar-refractivity contribution in [3.05, 3.63) is 24.0 Å². The second-order valence-corrected chi connectivity index (χ2v) is 6.53. The van der Waals surface area contributed by atoms with Crippen LogP contribution in [-0.2, 0) is 14.4 Å². The van der Waals surface area contributed by atoms with Crippen molar-refractivity contribution < 1.29 is 18.8 Å². The van der Waals surface area contributed by atoms with E-state index in [2.05, 4.69) is 10.6 Å². The van der Waals surface area contributed by atoms with Gasteiger partial charge in [0.2, 0.25) is 17.7 Å². The van der Waals surface area contributed by atoms with Gasteiger partial charge in [-0.05, 0) is 37.5 Å². The molecule has 0 aliphatic carbocycles. The van der Waals surface area contributed by atoms with Gasteiger partial charge in [0, 0.05) is 32.1 Å². The molecule has 3 amide bonds. The maximum atomic E-state index is 14.4. The maximum absolute atomic E-state index is 14.4. The van der Waals surface area contributed by atoms with Gasteiger partial charge in [0.15, 0.2) is 0 Å². The van der Waals surface area contributed by atoms with Crippen molar-refractivity contribution in [2.45, 2.75) is 32.6 Å². The fourth-order valence-electron chi connectivity index (χ4n) is 3.53. The Balaban J connectivity index is 1.79. The fraction of sp³-hybridized carbons (Fsp3) is 0.471. The molecule has 0 radical (unpaired) electrons. The molecule has 128 valence electrons. The van der Waals surface area contributed by atoms with E-state index in [1.165, 1.54) is 13.0 Å². The average molecular weight is 333 g/mol. The van der Waals surface area contributed by atoms with Gasteiger partial charge >= 0.3 is 0 Å². The van der Waals surface area contributed by atoms with Crippen LogP contribution in [0.4, 0.5) is 15.8 Å². The number of rotatable bonds is 2. The molecule has 3 rings (SSSR count). The lowest BCUT2D eigenvalue weighted by atomic mass is 9.82. The van der Waals surface area contributed by atoms with E-state index in [9.17, 15) is 18.8 Å². The van der Waals surface area contributed by atoms with Gasteiger partial charge in [-0.2, -0.15) is 0 Å². The van der Waals surface area contributed by atoms with E-state index in [0.29, 0.717) is 50.1 Å². The van der Waals surface area contributed by atoms with Gasteiger partial charge in [0.05, 0.1) is 11.1 Å². The molecule has 1 aromatic carbocycles. The molecule has 1 unspecified atom stereocenters. The lowest BCUT2D eigenvalue weighted by Crippen LogP contribution is -2.43. The number of nitrogens with one attached hydrogen (secondary N) is 2. The van der Waals surface area contributed by atoms with Gasteiger partial charge in [-0.25, -0.2) is 4.39 Å². The number of carbonyl (C=O) groups is 3. The summed E-state index contributed by atoms with van der Waals surface area (Å²) in [6.07, 6.45) is 2.24. The zero-order valence-corrected chi connectivity index (χ0v) is 13.5. The molecule has 7 heteroatoms. The molecule has 2 N–H and O–H groups in total. The predicted molar refractivity (Wildman–Crippen MR) is 87.0 cm³/mol. The Bertz CT molecular complexity index is 706. The third-order valence-electron chi connectivity index (χ3n) is 4.76. The summed E-state index contributed by atoms with van der Waals surface area (Å²) < 4.78 is 14.4. The Labute approximate surface area is 139 Å². The van der Waals surface area contributed by atoms with Crippen LogP contribution in [0.3, 0.4) is 0 Å². The smallest absolute Gasteiger partial charge is 0.234 e. The molecule has 2 fully saturated rings. The molecule has 2 saturated heterocycles. The minimum Gasteiger partial charge on any atom is -0.368 e. The largest absolute Gasteiger partial charge is 0.368 e. The summed E-state index contributed by atoms with van der Waals surface area (Å²) in [6, 6.07) is 4.53. The Hall–Kier alpha value is -2.44. The quantitative estimate of drug-likeness (QED) is 0.809. The normalized spacial score (nSPS) is 24.0. The van der Waals surface area contributed by atoms with E-state index >= 15 is 0 Å². The molecule has 24 heavy (non-hydrogen) atoms. The van der Waals surface area contributed by atoms with E-state index in [1.807, 2.05) is 4.90 Å². The number of imide groups is 1. The minimum atomic E-state index is -0.630. The molecule has 1 aromatic rings. The lowest BCUT2D eigenvalue weighted by Gasteiger charge is -2.26. The number of amides is 3. The number of carbonyl (C=O) groups excluding carboxylic acids is 3. The Morgan fingerprint density at radius 3 is 2.83 bits per heavy atom. The monoisotopic (exact) mass is 333 g/mol. The van der Waals surface area contributed by atoms with Gasteiger partial charge in [-0.3, -0.25) is 19.7 Å². The molecule has 0 aromatic heterocycles. The van der Waals surface area contributed by atoms with E-state index in [4.69, 9.17) is 0 Å². The van der Waals surface area contributed by atoms with Crippen LogP contribution in [0, 0.1) is 11.2 Å². The minimum absolute atomic E-state index is 0.235. The van der Waals surface area contributed by atoms with Gasteiger partial charge in [-0.15, -0.1) is 0 Å². The van der Waals surface area contributed by atoms with Gasteiger partial charge in [0.25, 0.3) is 0 Å². The highest BCUT2D eigenvalue weighted by Gasteiger charge is 2.46. The van der Waals surface area contributed by atoms with Crippen LogP contribution in [0.25, 0.3) is 0 Å². The van der Waals surface area contributed by atoms with E-state index in [0.717, 1.165) is 0 Å². The number of hydrogen-bond acceptors (Lipinski definition) is 4. The highest BCUT2D eigenvalue weighted by atomic mass is 19.1. The first kappa shape index (κ1) is 16.4. The molecule has 0 bridgehead atoms. The molecule has 1 spiro atoms. The van der Waals surface area contributed by atoms with Crippen molar-refractivity contribution in [1.82, 2.24) is 5.32 Å². The summed E-state index contributed by atoms with van der Waals surface area (Å²) in [6.45, 7) is 2.31. The molecule has 2 aliphatic rings. The van der Waals surface area contributed by atoms with Crippen LogP contribution in [-0.4, -0.2) is 30.8 Å². The second-order valence-electron chi connectivity index (χ2n) is 6.53. The van der Waals surface area contributed by atoms with Crippen LogP contribution in [0.2, 0.25) is 0 Å². The predicted octanol–water partition coefficient (Wildman–Crippen LogP) is 1.81. The first-order chi connectivity index (χ1) is 11.4. The van der Waals surface area contributed by atoms with E-state index in [-0.39, 0.29) is 17.7 Å². The maximum Gasteiger partial charge on any atom is 0.234 e. The summed E-state index contributed by atoms with van der Waals surface area (Å²) in [5, 5.41) is 4.99. The van der Waals surface area contributed by atoms with E-state index < -0.39 is 11.2 Å². The van der Waals surface area contributed by atoms with Gasteiger partial charge in [0.1, 0.15) is 5.82 Å².